The van der Waals surface area contributed by atoms with E-state index in [9.17, 15) is 34.8 Å². The van der Waals surface area contributed by atoms with E-state index in [1.165, 1.54) is 0 Å². The van der Waals surface area contributed by atoms with E-state index in [1.54, 1.807) is 0 Å². The van der Waals surface area contributed by atoms with Crippen LogP contribution in [0.1, 0.15) is 26.3 Å². The lowest BCUT2D eigenvalue weighted by molar-refractivity contribution is -0.0431. The van der Waals surface area contributed by atoms with E-state index in [1.807, 2.05) is 0 Å². The maximum Gasteiger partial charge on any atom is 0.340 e. The van der Waals surface area contributed by atoms with E-state index in [2.05, 4.69) is 0 Å². The van der Waals surface area contributed by atoms with E-state index in [0.29, 0.717) is 4.57 Å². The van der Waals surface area contributed by atoms with Gasteiger partial charge in [-0.05, 0) is 13.8 Å². The first-order valence-corrected chi connectivity index (χ1v) is 5.77. The minimum absolute atomic E-state index is 0.220. The quantitative estimate of drug-likeness (QED) is 0.449. The first-order valence-electron chi connectivity index (χ1n) is 5.77. The zero-order chi connectivity index (χ0) is 15.8. The smallest absolute Gasteiger partial charge is 0.340 e. The molecule has 1 heterocycles. The van der Waals surface area contributed by atoms with Crippen molar-refractivity contribution in [3.63, 3.8) is 0 Å². The second kappa shape index (κ2) is 5.71. The van der Waals surface area contributed by atoms with E-state index >= 15 is 0 Å². The summed E-state index contributed by atoms with van der Waals surface area (Å²) in [6, 6.07) is 0. The second-order valence-corrected chi connectivity index (χ2v) is 4.46. The Hall–Kier alpha value is -1.75. The molecule has 0 bridgehead atoms. The molecule has 1 rings (SSSR count). The van der Waals surface area contributed by atoms with Crippen LogP contribution in [0.15, 0.2) is 14.4 Å². The molecule has 0 amide bonds. The van der Waals surface area contributed by atoms with Crippen LogP contribution in [-0.2, 0) is 7.05 Å². The van der Waals surface area contributed by atoms with Gasteiger partial charge in [-0.2, -0.15) is 0 Å². The highest BCUT2D eigenvalue weighted by atomic mass is 16.4. The van der Waals surface area contributed by atoms with Crippen molar-refractivity contribution < 1.29 is 20.4 Å². The summed E-state index contributed by atoms with van der Waals surface area (Å²) in [5.41, 5.74) is -3.63. The zero-order valence-electron chi connectivity index (χ0n) is 11.2. The van der Waals surface area contributed by atoms with Crippen molar-refractivity contribution in [3.05, 3.63) is 31.5 Å². The van der Waals surface area contributed by atoms with E-state index in [4.69, 9.17) is 0 Å². The maximum atomic E-state index is 12.0. The summed E-state index contributed by atoms with van der Waals surface area (Å²) < 4.78 is 0.911. The molecule has 10 nitrogen and oxygen atoms in total. The highest BCUT2D eigenvalue weighted by molar-refractivity contribution is 4.83. The van der Waals surface area contributed by atoms with Crippen molar-refractivity contribution in [1.82, 2.24) is 13.7 Å². The van der Waals surface area contributed by atoms with Crippen molar-refractivity contribution >= 4 is 0 Å². The van der Waals surface area contributed by atoms with Gasteiger partial charge in [-0.3, -0.25) is 0 Å². The number of aliphatic hydroxyl groups is 4. The van der Waals surface area contributed by atoms with Gasteiger partial charge < -0.3 is 20.4 Å². The molecule has 1 aromatic rings. The number of nitrogens with zero attached hydrogens (tertiary/aromatic N) is 3. The molecule has 1 aromatic heterocycles. The molecule has 20 heavy (non-hydrogen) atoms. The molecule has 0 saturated carbocycles. The Morgan fingerprint density at radius 3 is 1.30 bits per heavy atom. The van der Waals surface area contributed by atoms with Crippen LogP contribution in [-0.4, -0.2) is 46.3 Å². The fourth-order valence-corrected chi connectivity index (χ4v) is 1.57. The molecule has 114 valence electrons. The van der Waals surface area contributed by atoms with Gasteiger partial charge in [0, 0.05) is 7.05 Å². The van der Waals surface area contributed by atoms with Crippen LogP contribution in [0.4, 0.5) is 0 Å². The van der Waals surface area contributed by atoms with Gasteiger partial charge in [0.2, 0.25) is 0 Å². The van der Waals surface area contributed by atoms with Crippen LogP contribution in [0.3, 0.4) is 0 Å². The fraction of sp³-hybridized carbons (Fsp3) is 0.700. The first-order chi connectivity index (χ1) is 9.11. The van der Waals surface area contributed by atoms with E-state index in [0.717, 1.165) is 20.9 Å². The summed E-state index contributed by atoms with van der Waals surface area (Å²) >= 11 is 0. The van der Waals surface area contributed by atoms with Crippen molar-refractivity contribution in [2.24, 2.45) is 7.05 Å². The lowest BCUT2D eigenvalue weighted by Crippen LogP contribution is -2.57. The number of rotatable bonds is 4. The van der Waals surface area contributed by atoms with Crippen LogP contribution in [0.5, 0.6) is 0 Å². The molecular formula is C10H17N3O7. The van der Waals surface area contributed by atoms with Gasteiger partial charge in [0.25, 0.3) is 0 Å². The molecule has 0 spiro atoms. The Balaban J connectivity index is 3.78. The number of hydrogen-bond acceptors (Lipinski definition) is 7. The normalized spacial score (nSPS) is 17.6. The van der Waals surface area contributed by atoms with Gasteiger partial charge in [0.1, 0.15) is 0 Å². The third-order valence-electron chi connectivity index (χ3n) is 2.79. The summed E-state index contributed by atoms with van der Waals surface area (Å²) in [5.74, 6) is 0. The number of aliphatic hydroxyl groups excluding tert-OH is 4. The van der Waals surface area contributed by atoms with Crippen molar-refractivity contribution in [3.8, 4) is 0 Å². The molecule has 0 aliphatic carbocycles. The number of aromatic nitrogens is 3. The van der Waals surface area contributed by atoms with Crippen molar-refractivity contribution in [2.45, 2.75) is 38.5 Å². The van der Waals surface area contributed by atoms with Crippen LogP contribution in [0.2, 0.25) is 0 Å². The fourth-order valence-electron chi connectivity index (χ4n) is 1.57. The summed E-state index contributed by atoms with van der Waals surface area (Å²) in [6.07, 6.45) is -6.71. The summed E-state index contributed by atoms with van der Waals surface area (Å²) in [5, 5.41) is 37.8. The Morgan fingerprint density at radius 2 is 1.05 bits per heavy atom. The lowest BCUT2D eigenvalue weighted by Gasteiger charge is -2.21. The average molecular weight is 291 g/mol. The molecule has 0 aliphatic heterocycles. The highest BCUT2D eigenvalue weighted by Gasteiger charge is 2.26. The predicted octanol–water partition coefficient (Wildman–Crippen LogP) is -3.55. The molecular weight excluding hydrogens is 274 g/mol. The first kappa shape index (κ1) is 16.3. The molecule has 0 radical (unpaired) electrons. The Kier molecular flexibility index (Phi) is 4.65. The Bertz CT molecular complexity index is 602. The lowest BCUT2D eigenvalue weighted by atomic mass is 10.3. The van der Waals surface area contributed by atoms with Crippen molar-refractivity contribution in [2.75, 3.05) is 0 Å². The molecule has 0 aromatic carbocycles. The largest absolute Gasteiger partial charge is 0.389 e. The van der Waals surface area contributed by atoms with Gasteiger partial charge in [-0.25, -0.2) is 28.1 Å². The van der Waals surface area contributed by atoms with Crippen LogP contribution in [0.25, 0.3) is 0 Å². The van der Waals surface area contributed by atoms with Crippen LogP contribution < -0.4 is 17.1 Å². The molecule has 0 saturated heterocycles. The van der Waals surface area contributed by atoms with E-state index in [-0.39, 0.29) is 9.13 Å². The summed E-state index contributed by atoms with van der Waals surface area (Å²) in [4.78, 5) is 35.6. The van der Waals surface area contributed by atoms with E-state index < -0.39 is 41.7 Å². The van der Waals surface area contributed by atoms with Gasteiger partial charge >= 0.3 is 17.1 Å². The summed E-state index contributed by atoms with van der Waals surface area (Å²) in [7, 11) is 1.03. The van der Waals surface area contributed by atoms with Crippen LogP contribution >= 0.6 is 0 Å². The van der Waals surface area contributed by atoms with Gasteiger partial charge in [0.05, 0.1) is 12.2 Å². The Labute approximate surface area is 112 Å². The minimum atomic E-state index is -1.89. The third-order valence-corrected chi connectivity index (χ3v) is 2.79. The number of hydrogen-bond donors (Lipinski definition) is 4. The van der Waals surface area contributed by atoms with Crippen LogP contribution in [0, 0.1) is 0 Å². The molecule has 0 fully saturated rings. The standard InChI is InChI=1S/C10H17N3O7/c1-4(14)6(16)12-8(18)11(3)9(19)13(10(12)20)7(17)5(2)15/h4-7,14-17H,1-3H3. The van der Waals surface area contributed by atoms with Crippen molar-refractivity contribution in [1.29, 1.82) is 0 Å². The maximum absolute atomic E-state index is 12.0. The molecule has 4 atom stereocenters. The third kappa shape index (κ3) is 2.58. The highest BCUT2D eigenvalue weighted by Crippen LogP contribution is 2.03. The monoisotopic (exact) mass is 291 g/mol. The molecule has 4 N–H and O–H groups in total. The van der Waals surface area contributed by atoms with Gasteiger partial charge in [0.15, 0.2) is 12.5 Å². The van der Waals surface area contributed by atoms with Gasteiger partial charge in [-0.1, -0.05) is 0 Å². The minimum Gasteiger partial charge on any atom is -0.389 e. The molecule has 10 heteroatoms. The molecule has 4 unspecified atom stereocenters. The predicted molar refractivity (Wildman–Crippen MR) is 66.1 cm³/mol. The Morgan fingerprint density at radius 1 is 0.750 bits per heavy atom. The second-order valence-electron chi connectivity index (χ2n) is 4.46. The SMILES string of the molecule is CC(O)C(O)n1c(=O)n(C)c(=O)n(C(O)C(C)O)c1=O. The summed E-state index contributed by atoms with van der Waals surface area (Å²) in [6.45, 7) is 2.27. The van der Waals surface area contributed by atoms with Gasteiger partial charge in [-0.15, -0.1) is 0 Å². The topological polar surface area (TPSA) is 147 Å². The molecule has 0 aliphatic rings. The zero-order valence-corrected chi connectivity index (χ0v) is 11.2. The average Bonchev–Trinajstić information content (AvgIpc) is 2.35.